The Balaban J connectivity index is 2.05. The molecule has 0 spiro atoms. The van der Waals surface area contributed by atoms with Gasteiger partial charge in [0.15, 0.2) is 11.6 Å². The largest absolute Gasteiger partial charge is 0.374 e. The summed E-state index contributed by atoms with van der Waals surface area (Å²) in [7, 11) is -0.755. The molecule has 0 bridgehead atoms. The molecule has 32 heavy (non-hydrogen) atoms. The van der Waals surface area contributed by atoms with Crippen molar-refractivity contribution in [3.63, 3.8) is 0 Å². The van der Waals surface area contributed by atoms with Gasteiger partial charge in [0.25, 0.3) is 10.0 Å². The molecule has 1 aromatic heterocycles. The van der Waals surface area contributed by atoms with Gasteiger partial charge in [-0.2, -0.15) is 0 Å². The van der Waals surface area contributed by atoms with Gasteiger partial charge in [-0.25, -0.2) is 12.8 Å². The first kappa shape index (κ1) is 24.2. The van der Waals surface area contributed by atoms with E-state index in [1.807, 2.05) is 20.8 Å². The summed E-state index contributed by atoms with van der Waals surface area (Å²) in [5.41, 5.74) is 1.16. The normalized spacial score (nSPS) is 13.2. The predicted molar refractivity (Wildman–Crippen MR) is 123 cm³/mol. The molecular formula is C22H26ClFN4O3S. The average Bonchev–Trinajstić information content (AvgIpc) is 3.10. The standard InChI is InChI=1S/C22H26ClFN4O3S/c1-13(31-6)20-25-26-21(28(20)5)16-11-17(23)18(24)12-19(16)27-32(29,30)15-9-7-14(8-10-15)22(2,3)4/h7-13,27H,1-6H3. The summed E-state index contributed by atoms with van der Waals surface area (Å²) in [5.74, 6) is 0.0740. The number of nitrogens with zero attached hydrogens (tertiary/aromatic N) is 3. The van der Waals surface area contributed by atoms with Gasteiger partial charge in [0, 0.05) is 25.8 Å². The molecule has 0 saturated carbocycles. The van der Waals surface area contributed by atoms with Crippen LogP contribution in [0.5, 0.6) is 0 Å². The number of methoxy groups -OCH3 is 1. The number of hydrogen-bond acceptors (Lipinski definition) is 5. The second-order valence-electron chi connectivity index (χ2n) is 8.51. The van der Waals surface area contributed by atoms with Gasteiger partial charge in [-0.1, -0.05) is 44.5 Å². The lowest BCUT2D eigenvalue weighted by molar-refractivity contribution is 0.109. The van der Waals surface area contributed by atoms with Crippen molar-refractivity contribution in [1.29, 1.82) is 0 Å². The Kier molecular flexibility index (Phi) is 6.65. The molecule has 7 nitrogen and oxygen atoms in total. The molecule has 3 rings (SSSR count). The first-order valence-corrected chi connectivity index (χ1v) is 11.8. The number of rotatable bonds is 6. The molecular weight excluding hydrogens is 455 g/mol. The fourth-order valence-corrected chi connectivity index (χ4v) is 4.42. The fraction of sp³-hybridized carbons (Fsp3) is 0.364. The minimum Gasteiger partial charge on any atom is -0.374 e. The van der Waals surface area contributed by atoms with Crippen molar-refractivity contribution >= 4 is 27.3 Å². The maximum atomic E-state index is 14.3. The van der Waals surface area contributed by atoms with Crippen molar-refractivity contribution in [1.82, 2.24) is 14.8 Å². The summed E-state index contributed by atoms with van der Waals surface area (Å²) in [6.45, 7) is 7.92. The number of ether oxygens (including phenoxy) is 1. The highest BCUT2D eigenvalue weighted by atomic mass is 35.5. The zero-order chi connectivity index (χ0) is 23.8. The van der Waals surface area contributed by atoms with E-state index in [0.717, 1.165) is 11.6 Å². The average molecular weight is 481 g/mol. The van der Waals surface area contributed by atoms with Crippen LogP contribution in [0.1, 0.15) is 45.2 Å². The molecule has 1 unspecified atom stereocenters. The number of halogens is 2. The van der Waals surface area contributed by atoms with Gasteiger partial charge in [-0.15, -0.1) is 10.2 Å². The molecule has 0 fully saturated rings. The smallest absolute Gasteiger partial charge is 0.261 e. The van der Waals surface area contributed by atoms with Gasteiger partial charge in [0.1, 0.15) is 11.9 Å². The van der Waals surface area contributed by atoms with Crippen LogP contribution in [0, 0.1) is 5.82 Å². The lowest BCUT2D eigenvalue weighted by Crippen LogP contribution is -2.16. The van der Waals surface area contributed by atoms with E-state index in [-0.39, 0.29) is 32.7 Å². The number of hydrogen-bond donors (Lipinski definition) is 1. The summed E-state index contributed by atoms with van der Waals surface area (Å²) < 4.78 is 49.8. The van der Waals surface area contributed by atoms with E-state index in [4.69, 9.17) is 16.3 Å². The van der Waals surface area contributed by atoms with Gasteiger partial charge >= 0.3 is 0 Å². The Morgan fingerprint density at radius 1 is 1.16 bits per heavy atom. The number of benzene rings is 2. The van der Waals surface area contributed by atoms with Crippen LogP contribution in [0.4, 0.5) is 10.1 Å². The van der Waals surface area contributed by atoms with Crippen molar-refractivity contribution < 1.29 is 17.5 Å². The third-order valence-corrected chi connectivity index (χ3v) is 6.87. The minimum atomic E-state index is -4.00. The fourth-order valence-electron chi connectivity index (χ4n) is 3.19. The lowest BCUT2D eigenvalue weighted by Gasteiger charge is -2.19. The topological polar surface area (TPSA) is 86.1 Å². The summed E-state index contributed by atoms with van der Waals surface area (Å²) in [6, 6.07) is 8.93. The van der Waals surface area contributed by atoms with Crippen LogP contribution in [-0.4, -0.2) is 30.3 Å². The van der Waals surface area contributed by atoms with E-state index >= 15 is 0 Å². The van der Waals surface area contributed by atoms with Gasteiger partial charge in [0.05, 0.1) is 15.6 Å². The molecule has 2 aromatic carbocycles. The highest BCUT2D eigenvalue weighted by molar-refractivity contribution is 7.92. The second-order valence-corrected chi connectivity index (χ2v) is 10.6. The third kappa shape index (κ3) is 4.79. The summed E-state index contributed by atoms with van der Waals surface area (Å²) in [4.78, 5) is 0.0541. The highest BCUT2D eigenvalue weighted by Gasteiger charge is 2.23. The SMILES string of the molecule is COC(C)c1nnc(-c2cc(Cl)c(F)cc2NS(=O)(=O)c2ccc(C(C)(C)C)cc2)n1C. The Labute approximate surface area is 192 Å². The van der Waals surface area contributed by atoms with E-state index in [0.29, 0.717) is 11.6 Å². The predicted octanol–water partition coefficient (Wildman–Crippen LogP) is 5.08. The van der Waals surface area contributed by atoms with Gasteiger partial charge in [-0.3, -0.25) is 4.72 Å². The van der Waals surface area contributed by atoms with Crippen molar-refractivity contribution in [2.24, 2.45) is 7.05 Å². The monoisotopic (exact) mass is 480 g/mol. The van der Waals surface area contributed by atoms with Crippen LogP contribution in [0.25, 0.3) is 11.4 Å². The highest BCUT2D eigenvalue weighted by Crippen LogP contribution is 2.34. The molecule has 1 heterocycles. The van der Waals surface area contributed by atoms with Crippen LogP contribution < -0.4 is 4.72 Å². The molecule has 10 heteroatoms. The molecule has 0 amide bonds. The second kappa shape index (κ2) is 8.80. The Bertz CT molecular complexity index is 1240. The van der Waals surface area contributed by atoms with Crippen molar-refractivity contribution in [2.75, 3.05) is 11.8 Å². The van der Waals surface area contributed by atoms with Gasteiger partial charge in [-0.05, 0) is 36.1 Å². The molecule has 0 aliphatic carbocycles. The third-order valence-electron chi connectivity index (χ3n) is 5.20. The number of anilines is 1. The number of aromatic nitrogens is 3. The molecule has 172 valence electrons. The Morgan fingerprint density at radius 2 is 1.78 bits per heavy atom. The van der Waals surface area contributed by atoms with E-state index in [1.54, 1.807) is 30.7 Å². The molecule has 0 radical (unpaired) electrons. The molecule has 3 aromatic rings. The van der Waals surface area contributed by atoms with Crippen molar-refractivity contribution in [3.05, 3.63) is 58.6 Å². The molecule has 0 saturated heterocycles. The summed E-state index contributed by atoms with van der Waals surface area (Å²) in [6.07, 6.45) is -0.348. The Morgan fingerprint density at radius 3 is 2.34 bits per heavy atom. The first-order valence-electron chi connectivity index (χ1n) is 9.90. The molecule has 1 atom stereocenters. The molecule has 0 aliphatic rings. The number of nitrogens with one attached hydrogen (secondary N) is 1. The van der Waals surface area contributed by atoms with E-state index in [1.165, 1.54) is 25.3 Å². The van der Waals surface area contributed by atoms with Crippen LogP contribution in [0.2, 0.25) is 5.02 Å². The van der Waals surface area contributed by atoms with Gasteiger partial charge < -0.3 is 9.30 Å². The van der Waals surface area contributed by atoms with Crippen molar-refractivity contribution in [3.8, 4) is 11.4 Å². The minimum absolute atomic E-state index is 0.00100. The maximum absolute atomic E-state index is 14.3. The number of sulfonamides is 1. The lowest BCUT2D eigenvalue weighted by atomic mass is 9.87. The zero-order valence-corrected chi connectivity index (χ0v) is 20.3. The van der Waals surface area contributed by atoms with E-state index < -0.39 is 15.8 Å². The van der Waals surface area contributed by atoms with Crippen molar-refractivity contribution in [2.45, 2.75) is 44.1 Å². The first-order chi connectivity index (χ1) is 14.8. The maximum Gasteiger partial charge on any atom is 0.261 e. The quantitative estimate of drug-likeness (QED) is 0.531. The summed E-state index contributed by atoms with van der Waals surface area (Å²) >= 11 is 6.00. The zero-order valence-electron chi connectivity index (χ0n) is 18.8. The van der Waals surface area contributed by atoms with Crippen LogP contribution in [-0.2, 0) is 27.2 Å². The Hall–Kier alpha value is -2.49. The van der Waals surface area contributed by atoms with E-state index in [2.05, 4.69) is 14.9 Å². The van der Waals surface area contributed by atoms with Crippen LogP contribution >= 0.6 is 11.6 Å². The van der Waals surface area contributed by atoms with E-state index in [9.17, 15) is 12.8 Å². The van der Waals surface area contributed by atoms with Crippen LogP contribution in [0.15, 0.2) is 41.3 Å². The molecule has 0 aliphatic heterocycles. The van der Waals surface area contributed by atoms with Gasteiger partial charge in [0.2, 0.25) is 0 Å². The summed E-state index contributed by atoms with van der Waals surface area (Å²) in [5, 5.41) is 8.10. The van der Waals surface area contributed by atoms with Crippen LogP contribution in [0.3, 0.4) is 0 Å². The molecule has 1 N–H and O–H groups in total.